The van der Waals surface area contributed by atoms with Crippen molar-refractivity contribution in [1.29, 1.82) is 0 Å². The highest BCUT2D eigenvalue weighted by atomic mass is 16.1. The normalized spacial score (nSPS) is 12.7. The molecule has 0 fully saturated rings. The van der Waals surface area contributed by atoms with Crippen molar-refractivity contribution in [3.05, 3.63) is 0 Å². The minimum Gasteiger partial charge on any atom is -0.303 e. The van der Waals surface area contributed by atoms with Gasteiger partial charge >= 0.3 is 0 Å². The molecule has 0 aliphatic rings. The fourth-order valence-corrected chi connectivity index (χ4v) is 1.90. The predicted octanol–water partition coefficient (Wildman–Crippen LogP) is 4.35. The molecule has 1 heteroatoms. The first-order valence-corrected chi connectivity index (χ1v) is 6.28. The Hall–Kier alpha value is -0.330. The summed E-state index contributed by atoms with van der Waals surface area (Å²) in [4.78, 5) is 10.2. The van der Waals surface area contributed by atoms with E-state index >= 15 is 0 Å². The number of carbonyl (C=O) groups is 1. The van der Waals surface area contributed by atoms with E-state index in [4.69, 9.17) is 0 Å². The van der Waals surface area contributed by atoms with Gasteiger partial charge in [0.25, 0.3) is 0 Å². The largest absolute Gasteiger partial charge is 0.303 e. The summed E-state index contributed by atoms with van der Waals surface area (Å²) in [6.07, 6.45) is 12.3. The first-order valence-electron chi connectivity index (χ1n) is 6.28. The SMILES string of the molecule is CCCCCCC(CC)CCCC=O. The molecule has 0 saturated carbocycles. The van der Waals surface area contributed by atoms with Crippen molar-refractivity contribution < 1.29 is 4.79 Å². The van der Waals surface area contributed by atoms with Gasteiger partial charge in [-0.25, -0.2) is 0 Å². The minimum atomic E-state index is 0.755. The summed E-state index contributed by atoms with van der Waals surface area (Å²) < 4.78 is 0. The zero-order valence-corrected chi connectivity index (χ0v) is 9.93. The topological polar surface area (TPSA) is 17.1 Å². The van der Waals surface area contributed by atoms with Crippen molar-refractivity contribution in [1.82, 2.24) is 0 Å². The molecule has 0 saturated heterocycles. The molecule has 0 aliphatic carbocycles. The van der Waals surface area contributed by atoms with Gasteiger partial charge in [-0.15, -0.1) is 0 Å². The third kappa shape index (κ3) is 8.28. The number of unbranched alkanes of at least 4 members (excludes halogenated alkanes) is 4. The molecule has 0 bridgehead atoms. The van der Waals surface area contributed by atoms with E-state index in [0.717, 1.165) is 25.0 Å². The van der Waals surface area contributed by atoms with Crippen LogP contribution >= 0.6 is 0 Å². The Labute approximate surface area is 89.3 Å². The Bertz CT molecular complexity index is 120. The number of hydrogen-bond donors (Lipinski definition) is 0. The summed E-state index contributed by atoms with van der Waals surface area (Å²) in [6.45, 7) is 4.52. The molecular formula is C13H26O. The molecule has 0 aromatic rings. The number of carbonyl (C=O) groups excluding carboxylic acids is 1. The lowest BCUT2D eigenvalue weighted by Gasteiger charge is -2.13. The van der Waals surface area contributed by atoms with E-state index in [0.29, 0.717) is 0 Å². The lowest BCUT2D eigenvalue weighted by molar-refractivity contribution is -0.108. The van der Waals surface area contributed by atoms with Crippen LogP contribution in [0.1, 0.15) is 71.6 Å². The summed E-state index contributed by atoms with van der Waals surface area (Å²) in [5.74, 6) is 0.867. The monoisotopic (exact) mass is 198 g/mol. The minimum absolute atomic E-state index is 0.755. The molecule has 0 rings (SSSR count). The third-order valence-corrected chi connectivity index (χ3v) is 2.98. The standard InChI is InChI=1S/C13H26O/c1-3-5-6-7-10-13(4-2)11-8-9-12-14/h12-13H,3-11H2,1-2H3. The van der Waals surface area contributed by atoms with Crippen LogP contribution in [-0.2, 0) is 4.79 Å². The maximum Gasteiger partial charge on any atom is 0.119 e. The summed E-state index contributed by atoms with van der Waals surface area (Å²) in [6, 6.07) is 0. The van der Waals surface area contributed by atoms with E-state index in [2.05, 4.69) is 13.8 Å². The van der Waals surface area contributed by atoms with Crippen LogP contribution in [0.15, 0.2) is 0 Å². The molecule has 84 valence electrons. The van der Waals surface area contributed by atoms with Crippen LogP contribution in [-0.4, -0.2) is 6.29 Å². The molecule has 0 aromatic heterocycles. The Balaban J connectivity index is 3.33. The van der Waals surface area contributed by atoms with Gasteiger partial charge in [0.2, 0.25) is 0 Å². The molecule has 0 aliphatic heterocycles. The second kappa shape index (κ2) is 10.7. The smallest absolute Gasteiger partial charge is 0.119 e. The molecule has 14 heavy (non-hydrogen) atoms. The van der Waals surface area contributed by atoms with Crippen molar-refractivity contribution in [2.75, 3.05) is 0 Å². The molecule has 1 atom stereocenters. The summed E-state index contributed by atoms with van der Waals surface area (Å²) >= 11 is 0. The zero-order valence-electron chi connectivity index (χ0n) is 9.93. The fraction of sp³-hybridized carbons (Fsp3) is 0.923. The van der Waals surface area contributed by atoms with Crippen LogP contribution in [0.3, 0.4) is 0 Å². The van der Waals surface area contributed by atoms with Crippen LogP contribution in [0.5, 0.6) is 0 Å². The Morgan fingerprint density at radius 3 is 2.29 bits per heavy atom. The van der Waals surface area contributed by atoms with E-state index in [-0.39, 0.29) is 0 Å². The average Bonchev–Trinajstić information content (AvgIpc) is 2.22. The number of aldehydes is 1. The fourth-order valence-electron chi connectivity index (χ4n) is 1.90. The van der Waals surface area contributed by atoms with E-state index < -0.39 is 0 Å². The van der Waals surface area contributed by atoms with Crippen molar-refractivity contribution in [2.24, 2.45) is 5.92 Å². The molecule has 0 N–H and O–H groups in total. The van der Waals surface area contributed by atoms with Crippen LogP contribution in [0.25, 0.3) is 0 Å². The van der Waals surface area contributed by atoms with Crippen molar-refractivity contribution >= 4 is 6.29 Å². The molecule has 0 heterocycles. The van der Waals surface area contributed by atoms with Gasteiger partial charge in [-0.2, -0.15) is 0 Å². The molecule has 0 aromatic carbocycles. The van der Waals surface area contributed by atoms with Crippen LogP contribution in [0.4, 0.5) is 0 Å². The van der Waals surface area contributed by atoms with E-state index in [9.17, 15) is 4.79 Å². The van der Waals surface area contributed by atoms with Crippen LogP contribution < -0.4 is 0 Å². The van der Waals surface area contributed by atoms with Crippen molar-refractivity contribution in [2.45, 2.75) is 71.6 Å². The lowest BCUT2D eigenvalue weighted by Crippen LogP contribution is -1.99. The second-order valence-electron chi connectivity index (χ2n) is 4.22. The highest BCUT2D eigenvalue weighted by Crippen LogP contribution is 2.19. The van der Waals surface area contributed by atoms with Crippen LogP contribution in [0.2, 0.25) is 0 Å². The predicted molar refractivity (Wildman–Crippen MR) is 62.5 cm³/mol. The van der Waals surface area contributed by atoms with Gasteiger partial charge in [-0.05, 0) is 12.3 Å². The molecule has 0 spiro atoms. The third-order valence-electron chi connectivity index (χ3n) is 2.98. The van der Waals surface area contributed by atoms with Crippen molar-refractivity contribution in [3.63, 3.8) is 0 Å². The van der Waals surface area contributed by atoms with Gasteiger partial charge in [0, 0.05) is 6.42 Å². The van der Waals surface area contributed by atoms with E-state index in [1.807, 2.05) is 0 Å². The molecule has 1 nitrogen and oxygen atoms in total. The van der Waals surface area contributed by atoms with Gasteiger partial charge in [-0.3, -0.25) is 0 Å². The summed E-state index contributed by atoms with van der Waals surface area (Å²) in [7, 11) is 0. The maximum absolute atomic E-state index is 10.2. The van der Waals surface area contributed by atoms with E-state index in [1.54, 1.807) is 0 Å². The summed E-state index contributed by atoms with van der Waals surface area (Å²) in [5, 5.41) is 0. The van der Waals surface area contributed by atoms with Gasteiger partial charge in [0.15, 0.2) is 0 Å². The Kier molecular flexibility index (Phi) is 10.5. The highest BCUT2D eigenvalue weighted by molar-refractivity contribution is 5.48. The first kappa shape index (κ1) is 13.7. The zero-order chi connectivity index (χ0) is 10.6. The molecule has 0 amide bonds. The Morgan fingerprint density at radius 2 is 1.71 bits per heavy atom. The highest BCUT2D eigenvalue weighted by Gasteiger charge is 2.05. The number of rotatable bonds is 10. The Morgan fingerprint density at radius 1 is 1.00 bits per heavy atom. The van der Waals surface area contributed by atoms with E-state index in [1.165, 1.54) is 44.9 Å². The maximum atomic E-state index is 10.2. The van der Waals surface area contributed by atoms with Gasteiger partial charge in [0.05, 0.1) is 0 Å². The van der Waals surface area contributed by atoms with Crippen LogP contribution in [0, 0.1) is 5.92 Å². The molecule has 0 radical (unpaired) electrons. The quantitative estimate of drug-likeness (QED) is 0.377. The average molecular weight is 198 g/mol. The van der Waals surface area contributed by atoms with Gasteiger partial charge < -0.3 is 4.79 Å². The summed E-state index contributed by atoms with van der Waals surface area (Å²) in [5.41, 5.74) is 0. The molecular weight excluding hydrogens is 172 g/mol. The van der Waals surface area contributed by atoms with Crippen molar-refractivity contribution in [3.8, 4) is 0 Å². The molecule has 1 unspecified atom stereocenters. The number of hydrogen-bond acceptors (Lipinski definition) is 1. The van der Waals surface area contributed by atoms with Gasteiger partial charge in [-0.1, -0.05) is 58.8 Å². The first-order chi connectivity index (χ1) is 6.85. The van der Waals surface area contributed by atoms with Gasteiger partial charge in [0.1, 0.15) is 6.29 Å². The second-order valence-corrected chi connectivity index (χ2v) is 4.22. The lowest BCUT2D eigenvalue weighted by atomic mass is 9.93.